The quantitative estimate of drug-likeness (QED) is 0.288. The highest BCUT2D eigenvalue weighted by Gasteiger charge is 2.29. The minimum absolute atomic E-state index is 0.262. The van der Waals surface area contributed by atoms with Crippen molar-refractivity contribution < 1.29 is 43.9 Å². The van der Waals surface area contributed by atoms with E-state index in [-0.39, 0.29) is 5.82 Å². The van der Waals surface area contributed by atoms with Gasteiger partial charge in [-0.2, -0.15) is 0 Å². The Bertz CT molecular complexity index is 906. The highest BCUT2D eigenvalue weighted by Crippen LogP contribution is 2.23. The van der Waals surface area contributed by atoms with Crippen LogP contribution in [0.4, 0.5) is 26.2 Å². The third-order valence-corrected chi connectivity index (χ3v) is 3.78. The molecule has 0 fully saturated rings. The molecule has 0 aromatic heterocycles. The molecule has 2 unspecified atom stereocenters. The van der Waals surface area contributed by atoms with E-state index >= 15 is 0 Å². The zero-order valence-electron chi connectivity index (χ0n) is 17.0. The molecule has 11 nitrogen and oxygen atoms in total. The summed E-state index contributed by atoms with van der Waals surface area (Å²) < 4.78 is 17.6. The van der Waals surface area contributed by atoms with Crippen molar-refractivity contribution in [3.8, 4) is 0 Å². The lowest BCUT2D eigenvalue weighted by atomic mass is 10.2. The summed E-state index contributed by atoms with van der Waals surface area (Å²) in [5.41, 5.74) is 8.57. The molecule has 0 bridgehead atoms. The number of benzene rings is 2. The van der Waals surface area contributed by atoms with E-state index in [4.69, 9.17) is 30.9 Å². The van der Waals surface area contributed by atoms with Crippen molar-refractivity contribution in [3.05, 3.63) is 53.8 Å². The lowest BCUT2D eigenvalue weighted by molar-refractivity contribution is -0.165. The second-order valence-corrected chi connectivity index (χ2v) is 6.19. The lowest BCUT2D eigenvalue weighted by Gasteiger charge is -2.11. The largest absolute Gasteiger partial charge is 0.479 e. The number of hydrogen-bond donors (Lipinski definition) is 7. The number of carboxylic acids is 2. The summed E-state index contributed by atoms with van der Waals surface area (Å²) in [5.74, 6) is -3.80. The highest BCUT2D eigenvalue weighted by atomic mass is 19.1. The van der Waals surface area contributed by atoms with Crippen molar-refractivity contribution in [3.63, 3.8) is 0 Å². The van der Waals surface area contributed by atoms with Crippen LogP contribution in [0.2, 0.25) is 0 Å². The van der Waals surface area contributed by atoms with Gasteiger partial charge in [0.25, 0.3) is 0 Å². The molecule has 32 heavy (non-hydrogen) atoms. The first kappa shape index (κ1) is 26.1. The molecule has 0 saturated heterocycles. The fourth-order valence-electron chi connectivity index (χ4n) is 2.14. The molecular formula is C20H24FN3O8. The number of aliphatic hydroxyl groups excluding tert-OH is 2. The molecule has 0 heterocycles. The maximum atomic E-state index is 12.8. The van der Waals surface area contributed by atoms with Gasteiger partial charge in [-0.15, -0.1) is 0 Å². The number of carbonyl (C=O) groups excluding carboxylic acids is 1. The predicted molar refractivity (Wildman–Crippen MR) is 113 cm³/mol. The van der Waals surface area contributed by atoms with Crippen LogP contribution < -0.4 is 16.4 Å². The Morgan fingerprint density at radius 1 is 1.03 bits per heavy atom. The zero-order valence-corrected chi connectivity index (χ0v) is 17.0. The van der Waals surface area contributed by atoms with E-state index in [1.807, 2.05) is 0 Å². The third-order valence-electron chi connectivity index (χ3n) is 3.78. The summed E-state index contributed by atoms with van der Waals surface area (Å²) in [6.45, 7) is 2.57. The second kappa shape index (κ2) is 12.7. The van der Waals surface area contributed by atoms with Gasteiger partial charge in [-0.25, -0.2) is 18.8 Å². The van der Waals surface area contributed by atoms with Crippen LogP contribution >= 0.6 is 0 Å². The summed E-state index contributed by atoms with van der Waals surface area (Å²) >= 11 is 0. The smallest absolute Gasteiger partial charge is 0.411 e. The summed E-state index contributed by atoms with van der Waals surface area (Å²) in [4.78, 5) is 30.9. The van der Waals surface area contributed by atoms with Gasteiger partial charge in [0.2, 0.25) is 0 Å². The number of nitrogens with two attached hydrogens (primary N) is 1. The van der Waals surface area contributed by atoms with Crippen molar-refractivity contribution >= 4 is 35.1 Å². The Kier molecular flexibility index (Phi) is 10.4. The monoisotopic (exact) mass is 453 g/mol. The van der Waals surface area contributed by atoms with Gasteiger partial charge in [-0.3, -0.25) is 5.32 Å². The molecule has 0 aliphatic carbocycles. The number of amides is 1. The van der Waals surface area contributed by atoms with Gasteiger partial charge in [-0.05, 0) is 42.8 Å². The van der Waals surface area contributed by atoms with Crippen LogP contribution in [-0.4, -0.2) is 57.3 Å². The number of ether oxygens (including phenoxy) is 1. The molecule has 0 saturated carbocycles. The number of carboxylic acid groups (broad SMARTS) is 2. The van der Waals surface area contributed by atoms with Gasteiger partial charge in [0.1, 0.15) is 5.82 Å². The molecule has 2 aromatic rings. The SMILES string of the molecule is CCOC(=O)Nc1ccc(NCc2ccc(F)cc2)cc1N.O=C(O)C(O)C(O)C(=O)O. The van der Waals surface area contributed by atoms with Gasteiger partial charge >= 0.3 is 18.0 Å². The standard InChI is InChI=1S/C16H18FN3O2.C4H6O6/c1-2-22-16(21)20-15-8-7-13(9-14(15)18)19-10-11-3-5-12(17)6-4-11;5-1(3(7)8)2(6)4(9)10/h3-9,19H,2,10,18H2,1H3,(H,20,21);1-2,5-6H,(H,7,8)(H,9,10). The average molecular weight is 453 g/mol. The minimum atomic E-state index is -2.27. The second-order valence-electron chi connectivity index (χ2n) is 6.19. The number of aliphatic hydroxyl groups is 2. The number of anilines is 3. The first-order chi connectivity index (χ1) is 15.0. The lowest BCUT2D eigenvalue weighted by Crippen LogP contribution is -2.39. The first-order valence-corrected chi connectivity index (χ1v) is 9.18. The van der Waals surface area contributed by atoms with E-state index in [2.05, 4.69) is 10.6 Å². The minimum Gasteiger partial charge on any atom is -0.479 e. The maximum Gasteiger partial charge on any atom is 0.411 e. The van der Waals surface area contributed by atoms with Crippen molar-refractivity contribution in [1.29, 1.82) is 0 Å². The van der Waals surface area contributed by atoms with Crippen molar-refractivity contribution in [2.45, 2.75) is 25.7 Å². The fourth-order valence-corrected chi connectivity index (χ4v) is 2.14. The summed E-state index contributed by atoms with van der Waals surface area (Å²) in [5, 5.41) is 38.3. The van der Waals surface area contributed by atoms with Crippen molar-refractivity contribution in [2.75, 3.05) is 23.0 Å². The topological polar surface area (TPSA) is 191 Å². The van der Waals surface area contributed by atoms with Gasteiger partial charge in [0.05, 0.1) is 18.0 Å². The molecule has 0 radical (unpaired) electrons. The Morgan fingerprint density at radius 3 is 2.06 bits per heavy atom. The van der Waals surface area contributed by atoms with Gasteiger partial charge in [0.15, 0.2) is 12.2 Å². The number of carbonyl (C=O) groups is 3. The molecule has 8 N–H and O–H groups in total. The number of hydrogen-bond acceptors (Lipinski definition) is 8. The van der Waals surface area contributed by atoms with E-state index in [1.165, 1.54) is 12.1 Å². The van der Waals surface area contributed by atoms with E-state index in [9.17, 15) is 18.8 Å². The molecule has 2 atom stereocenters. The number of nitrogen functional groups attached to an aromatic ring is 1. The van der Waals surface area contributed by atoms with Crippen LogP contribution in [0.5, 0.6) is 0 Å². The molecule has 2 rings (SSSR count). The highest BCUT2D eigenvalue weighted by molar-refractivity contribution is 5.89. The van der Waals surface area contributed by atoms with Crippen LogP contribution in [-0.2, 0) is 20.9 Å². The van der Waals surface area contributed by atoms with E-state index in [1.54, 1.807) is 37.3 Å². The van der Waals surface area contributed by atoms with Crippen molar-refractivity contribution in [2.24, 2.45) is 0 Å². The van der Waals surface area contributed by atoms with Crippen LogP contribution in [0, 0.1) is 5.82 Å². The molecule has 0 aliphatic rings. The molecule has 0 spiro atoms. The Balaban J connectivity index is 0.000000433. The first-order valence-electron chi connectivity index (χ1n) is 9.18. The molecule has 12 heteroatoms. The van der Waals surface area contributed by atoms with Crippen molar-refractivity contribution in [1.82, 2.24) is 0 Å². The molecule has 2 aromatic carbocycles. The fraction of sp³-hybridized carbons (Fsp3) is 0.250. The normalized spacial score (nSPS) is 11.9. The van der Waals surface area contributed by atoms with Crippen LogP contribution in [0.3, 0.4) is 0 Å². The predicted octanol–water partition coefficient (Wildman–Crippen LogP) is 1.47. The van der Waals surface area contributed by atoms with E-state index < -0.39 is 30.2 Å². The molecule has 1 amide bonds. The number of nitrogens with one attached hydrogen (secondary N) is 2. The molecule has 174 valence electrons. The van der Waals surface area contributed by atoms with E-state index in [0.29, 0.717) is 24.5 Å². The summed E-state index contributed by atoms with van der Waals surface area (Å²) in [6, 6.07) is 11.5. The number of halogens is 1. The van der Waals surface area contributed by atoms with Crippen LogP contribution in [0.1, 0.15) is 12.5 Å². The van der Waals surface area contributed by atoms with Gasteiger partial charge in [0, 0.05) is 12.2 Å². The molecular weight excluding hydrogens is 429 g/mol. The molecule has 0 aliphatic heterocycles. The zero-order chi connectivity index (χ0) is 24.3. The number of aliphatic carboxylic acids is 2. The number of rotatable bonds is 8. The van der Waals surface area contributed by atoms with Crippen LogP contribution in [0.15, 0.2) is 42.5 Å². The average Bonchev–Trinajstić information content (AvgIpc) is 2.74. The Labute approximate surface area is 182 Å². The van der Waals surface area contributed by atoms with E-state index in [0.717, 1.165) is 11.3 Å². The Morgan fingerprint density at radius 2 is 1.59 bits per heavy atom. The maximum absolute atomic E-state index is 12.8. The summed E-state index contributed by atoms with van der Waals surface area (Å²) in [7, 11) is 0. The van der Waals surface area contributed by atoms with Gasteiger partial charge in [-0.1, -0.05) is 12.1 Å². The summed E-state index contributed by atoms with van der Waals surface area (Å²) in [6.07, 6.45) is -5.07. The van der Waals surface area contributed by atoms with Gasteiger partial charge < -0.3 is 36.2 Å². The third kappa shape index (κ3) is 8.85. The Hall–Kier alpha value is -3.90. The van der Waals surface area contributed by atoms with Crippen LogP contribution in [0.25, 0.3) is 0 Å².